The number of carbonyl (C=O) groups excluding carboxylic acids is 1. The molecule has 1 aliphatic rings. The maximum absolute atomic E-state index is 11.7. The maximum Gasteiger partial charge on any atom is 0.178 e. The highest BCUT2D eigenvalue weighted by Crippen LogP contribution is 2.26. The molecule has 70 valence electrons. The van der Waals surface area contributed by atoms with E-state index in [1.165, 1.54) is 11.3 Å². The average Bonchev–Trinajstić information content (AvgIpc) is 2.72. The predicted octanol–water partition coefficient (Wildman–Crippen LogP) is 2.62. The van der Waals surface area contributed by atoms with E-state index in [2.05, 4.69) is 0 Å². The van der Waals surface area contributed by atoms with Gasteiger partial charge in [-0.05, 0) is 18.6 Å². The van der Waals surface area contributed by atoms with Crippen molar-refractivity contribution in [3.63, 3.8) is 0 Å². The zero-order valence-corrected chi connectivity index (χ0v) is 8.53. The largest absolute Gasteiger partial charge is 0.381 e. The van der Waals surface area contributed by atoms with E-state index in [1.807, 2.05) is 0 Å². The number of hydrogen-bond acceptors (Lipinski definition) is 3. The highest BCUT2D eigenvalue weighted by molar-refractivity contribution is 7.18. The summed E-state index contributed by atoms with van der Waals surface area (Å²) in [6.07, 6.45) is 0.842. The number of thiophene rings is 1. The summed E-state index contributed by atoms with van der Waals surface area (Å²) in [6.45, 7) is 1.27. The smallest absolute Gasteiger partial charge is 0.178 e. The van der Waals surface area contributed by atoms with Crippen molar-refractivity contribution in [2.24, 2.45) is 5.92 Å². The van der Waals surface area contributed by atoms with Crippen LogP contribution in [-0.4, -0.2) is 19.0 Å². The molecule has 0 aromatic carbocycles. The quantitative estimate of drug-likeness (QED) is 0.711. The van der Waals surface area contributed by atoms with Crippen molar-refractivity contribution < 1.29 is 9.53 Å². The van der Waals surface area contributed by atoms with E-state index in [0.717, 1.165) is 11.3 Å². The van der Waals surface area contributed by atoms with Gasteiger partial charge >= 0.3 is 0 Å². The molecule has 1 unspecified atom stereocenters. The molecule has 2 nitrogen and oxygen atoms in total. The highest BCUT2D eigenvalue weighted by Gasteiger charge is 2.25. The van der Waals surface area contributed by atoms with Crippen LogP contribution in [0.4, 0.5) is 0 Å². The summed E-state index contributed by atoms with van der Waals surface area (Å²) in [5, 5.41) is 0. The van der Waals surface area contributed by atoms with Gasteiger partial charge in [-0.2, -0.15) is 0 Å². The Hall–Kier alpha value is -0.380. The van der Waals surface area contributed by atoms with E-state index in [9.17, 15) is 4.79 Å². The molecule has 1 saturated heterocycles. The summed E-state index contributed by atoms with van der Waals surface area (Å²) in [7, 11) is 0. The number of halogens is 1. The zero-order valence-electron chi connectivity index (χ0n) is 6.96. The van der Waals surface area contributed by atoms with Gasteiger partial charge in [-0.1, -0.05) is 11.6 Å². The van der Waals surface area contributed by atoms with Gasteiger partial charge in [0.05, 0.1) is 15.8 Å². The fraction of sp³-hybridized carbons (Fsp3) is 0.444. The first-order chi connectivity index (χ1) is 6.27. The van der Waals surface area contributed by atoms with Crippen molar-refractivity contribution in [1.82, 2.24) is 0 Å². The Morgan fingerprint density at radius 3 is 3.00 bits per heavy atom. The van der Waals surface area contributed by atoms with Crippen molar-refractivity contribution >= 4 is 28.7 Å². The van der Waals surface area contributed by atoms with E-state index in [-0.39, 0.29) is 11.7 Å². The lowest BCUT2D eigenvalue weighted by atomic mass is 10.0. The molecular formula is C9H9ClO2S. The van der Waals surface area contributed by atoms with Crippen LogP contribution < -0.4 is 0 Å². The minimum Gasteiger partial charge on any atom is -0.381 e. The van der Waals surface area contributed by atoms with Crippen LogP contribution in [0.2, 0.25) is 4.34 Å². The first-order valence-corrected chi connectivity index (χ1v) is 5.34. The monoisotopic (exact) mass is 216 g/mol. The number of ether oxygens (including phenoxy) is 1. The van der Waals surface area contributed by atoms with Gasteiger partial charge in [0, 0.05) is 12.5 Å². The Bertz CT molecular complexity index is 315. The van der Waals surface area contributed by atoms with Gasteiger partial charge in [0.2, 0.25) is 0 Å². The van der Waals surface area contributed by atoms with Crippen LogP contribution in [0.15, 0.2) is 12.1 Å². The fourth-order valence-corrected chi connectivity index (χ4v) is 2.45. The third kappa shape index (κ3) is 1.93. The average molecular weight is 217 g/mol. The summed E-state index contributed by atoms with van der Waals surface area (Å²) in [4.78, 5) is 12.5. The van der Waals surface area contributed by atoms with E-state index in [0.29, 0.717) is 17.6 Å². The van der Waals surface area contributed by atoms with Crippen LogP contribution in [0, 0.1) is 5.92 Å². The lowest BCUT2D eigenvalue weighted by Crippen LogP contribution is -2.12. The topological polar surface area (TPSA) is 26.3 Å². The molecule has 4 heteroatoms. The van der Waals surface area contributed by atoms with Crippen molar-refractivity contribution in [3.05, 3.63) is 21.3 Å². The summed E-state index contributed by atoms with van der Waals surface area (Å²) in [6, 6.07) is 3.54. The van der Waals surface area contributed by atoms with Crippen molar-refractivity contribution in [3.8, 4) is 0 Å². The SMILES string of the molecule is O=C(c1ccc(Cl)s1)C1CCOC1. The molecule has 0 saturated carbocycles. The number of ketones is 1. The Balaban J connectivity index is 2.12. The van der Waals surface area contributed by atoms with Crippen LogP contribution in [0.1, 0.15) is 16.1 Å². The van der Waals surface area contributed by atoms with Crippen LogP contribution in [0.3, 0.4) is 0 Å². The number of Topliss-reactive ketones (excluding diaryl/α,β-unsaturated/α-hetero) is 1. The predicted molar refractivity (Wildman–Crippen MR) is 52.6 cm³/mol. The molecular weight excluding hydrogens is 208 g/mol. The van der Waals surface area contributed by atoms with E-state index in [4.69, 9.17) is 16.3 Å². The molecule has 1 aromatic rings. The minimum atomic E-state index is 0.0507. The van der Waals surface area contributed by atoms with E-state index >= 15 is 0 Å². The molecule has 13 heavy (non-hydrogen) atoms. The second-order valence-corrected chi connectivity index (χ2v) is 4.74. The van der Waals surface area contributed by atoms with Crippen molar-refractivity contribution in [1.29, 1.82) is 0 Å². The van der Waals surface area contributed by atoms with Crippen molar-refractivity contribution in [2.75, 3.05) is 13.2 Å². The Morgan fingerprint density at radius 2 is 2.46 bits per heavy atom. The molecule has 0 radical (unpaired) electrons. The van der Waals surface area contributed by atoms with E-state index in [1.54, 1.807) is 12.1 Å². The van der Waals surface area contributed by atoms with Crippen LogP contribution in [0.25, 0.3) is 0 Å². The van der Waals surface area contributed by atoms with Crippen LogP contribution in [0.5, 0.6) is 0 Å². The highest BCUT2D eigenvalue weighted by atomic mass is 35.5. The van der Waals surface area contributed by atoms with Gasteiger partial charge in [0.1, 0.15) is 0 Å². The van der Waals surface area contributed by atoms with E-state index < -0.39 is 0 Å². The van der Waals surface area contributed by atoms with Crippen LogP contribution in [-0.2, 0) is 4.74 Å². The molecule has 0 aliphatic carbocycles. The number of carbonyl (C=O) groups is 1. The Kier molecular flexibility index (Phi) is 2.67. The third-order valence-electron chi connectivity index (χ3n) is 2.12. The van der Waals surface area contributed by atoms with Gasteiger partial charge in [-0.15, -0.1) is 11.3 Å². The van der Waals surface area contributed by atoms with Crippen molar-refractivity contribution in [2.45, 2.75) is 6.42 Å². The summed E-state index contributed by atoms with van der Waals surface area (Å²) < 4.78 is 5.83. The molecule has 1 atom stereocenters. The molecule has 2 heterocycles. The first-order valence-electron chi connectivity index (χ1n) is 4.14. The van der Waals surface area contributed by atoms with Gasteiger partial charge in [-0.3, -0.25) is 4.79 Å². The molecule has 0 spiro atoms. The number of hydrogen-bond donors (Lipinski definition) is 0. The Morgan fingerprint density at radius 1 is 1.62 bits per heavy atom. The van der Waals surface area contributed by atoms with Gasteiger partial charge < -0.3 is 4.74 Å². The molecule has 0 N–H and O–H groups in total. The molecule has 1 fully saturated rings. The van der Waals surface area contributed by atoms with Crippen LogP contribution >= 0.6 is 22.9 Å². The zero-order chi connectivity index (χ0) is 9.26. The maximum atomic E-state index is 11.7. The molecule has 1 aliphatic heterocycles. The third-order valence-corrected chi connectivity index (χ3v) is 3.36. The lowest BCUT2D eigenvalue weighted by Gasteiger charge is -2.02. The Labute approximate surface area is 85.5 Å². The molecule has 0 amide bonds. The van der Waals surface area contributed by atoms with Gasteiger partial charge in [0.25, 0.3) is 0 Å². The molecule has 1 aromatic heterocycles. The fourth-order valence-electron chi connectivity index (χ4n) is 1.39. The normalized spacial score (nSPS) is 22.1. The minimum absolute atomic E-state index is 0.0507. The number of rotatable bonds is 2. The molecule has 2 rings (SSSR count). The van der Waals surface area contributed by atoms with Gasteiger partial charge in [0.15, 0.2) is 5.78 Å². The lowest BCUT2D eigenvalue weighted by molar-refractivity contribution is 0.0904. The standard InChI is InChI=1S/C9H9ClO2S/c10-8-2-1-7(13-8)9(11)6-3-4-12-5-6/h1-2,6H,3-5H2. The summed E-state index contributed by atoms with van der Waals surface area (Å²) >= 11 is 7.09. The van der Waals surface area contributed by atoms with Gasteiger partial charge in [-0.25, -0.2) is 0 Å². The first kappa shape index (κ1) is 9.19. The molecule has 0 bridgehead atoms. The summed E-state index contributed by atoms with van der Waals surface area (Å²) in [5.41, 5.74) is 0. The summed E-state index contributed by atoms with van der Waals surface area (Å²) in [5.74, 6) is 0.226. The second-order valence-electron chi connectivity index (χ2n) is 3.03. The second kappa shape index (κ2) is 3.78.